The Hall–Kier alpha value is -0.610. The number of carbonyl (C=O) groups excluding carboxylic acids is 1. The molecule has 31 heavy (non-hydrogen) atoms. The van der Waals surface area contributed by atoms with Crippen molar-refractivity contribution >= 4 is 5.97 Å². The minimum absolute atomic E-state index is 0.0882. The number of unbranched alkanes of at least 4 members (excludes halogenated alkanes) is 1. The number of nitrogens with one attached hydrogen (secondary N) is 1. The molecule has 0 aromatic rings. The summed E-state index contributed by atoms with van der Waals surface area (Å²) >= 11 is 0. The highest BCUT2D eigenvalue weighted by molar-refractivity contribution is 5.66. The van der Waals surface area contributed by atoms with Crippen molar-refractivity contribution in [3.05, 3.63) is 0 Å². The second-order valence-corrected chi connectivity index (χ2v) is 13.1. The van der Waals surface area contributed by atoms with Crippen LogP contribution in [0.4, 0.5) is 0 Å². The van der Waals surface area contributed by atoms with E-state index in [2.05, 4.69) is 74.7 Å². The van der Waals surface area contributed by atoms with Gasteiger partial charge in [-0.25, -0.2) is 0 Å². The van der Waals surface area contributed by atoms with E-state index in [1.807, 2.05) is 0 Å². The maximum absolute atomic E-state index is 11.5. The topological polar surface area (TPSA) is 47.6 Å². The lowest BCUT2D eigenvalue weighted by molar-refractivity contribution is -0.150. The van der Waals surface area contributed by atoms with Crippen LogP contribution in [0, 0.1) is 16.7 Å². The van der Waals surface area contributed by atoms with Gasteiger partial charge in [-0.3, -0.25) is 9.63 Å². The smallest absolute Gasteiger partial charge is 0.302 e. The van der Waals surface area contributed by atoms with Crippen molar-refractivity contribution in [3.8, 4) is 0 Å². The van der Waals surface area contributed by atoms with Gasteiger partial charge < -0.3 is 4.74 Å². The molecule has 0 fully saturated rings. The van der Waals surface area contributed by atoms with E-state index in [9.17, 15) is 4.79 Å². The molecule has 0 aromatic heterocycles. The Kier molecular flexibility index (Phi) is 13.6. The molecule has 0 radical (unpaired) electrons. The van der Waals surface area contributed by atoms with Crippen molar-refractivity contribution in [3.63, 3.8) is 0 Å². The van der Waals surface area contributed by atoms with E-state index in [4.69, 9.17) is 9.57 Å². The van der Waals surface area contributed by atoms with E-state index in [1.165, 1.54) is 39.0 Å². The zero-order valence-corrected chi connectivity index (χ0v) is 22.8. The zero-order valence-electron chi connectivity index (χ0n) is 22.8. The summed E-state index contributed by atoms with van der Waals surface area (Å²) in [5.74, 6) is 0.273. The van der Waals surface area contributed by atoms with Crippen molar-refractivity contribution < 1.29 is 14.4 Å². The summed E-state index contributed by atoms with van der Waals surface area (Å²) in [4.78, 5) is 17.8. The minimum Gasteiger partial charge on any atom is -0.462 e. The number of hydrogen-bond donors (Lipinski definition) is 1. The third kappa shape index (κ3) is 19.8. The highest BCUT2D eigenvalue weighted by Crippen LogP contribution is 2.26. The van der Waals surface area contributed by atoms with Gasteiger partial charge in [-0.1, -0.05) is 74.7 Å². The summed E-state index contributed by atoms with van der Waals surface area (Å²) in [7, 11) is 0. The monoisotopic (exact) mass is 441 g/mol. The van der Waals surface area contributed by atoms with E-state index < -0.39 is 0 Å². The molecule has 0 aliphatic carbocycles. The van der Waals surface area contributed by atoms with Gasteiger partial charge >= 0.3 is 5.97 Å². The molecule has 0 heterocycles. The fourth-order valence-corrected chi connectivity index (χ4v) is 3.94. The number of rotatable bonds is 15. The summed E-state index contributed by atoms with van der Waals surface area (Å²) in [5, 5.41) is 0. The van der Waals surface area contributed by atoms with Crippen molar-refractivity contribution in [1.29, 1.82) is 0 Å². The van der Waals surface area contributed by atoms with Gasteiger partial charge in [0.1, 0.15) is 6.10 Å². The Balaban J connectivity index is 4.81. The molecule has 186 valence electrons. The first-order valence-electron chi connectivity index (χ1n) is 12.6. The Morgan fingerprint density at radius 1 is 0.806 bits per heavy atom. The first-order chi connectivity index (χ1) is 14.0. The van der Waals surface area contributed by atoms with E-state index in [0.717, 1.165) is 25.7 Å². The minimum atomic E-state index is -0.261. The number of hydroxylamine groups is 1. The lowest BCUT2D eigenvalue weighted by Gasteiger charge is -2.33. The summed E-state index contributed by atoms with van der Waals surface area (Å²) in [6.07, 6.45) is 9.99. The SMILES string of the molecule is CC(=O)OC(CC(C)C)CC(C)(C)NOC(CCCCC(C)(C)C)CCCC(C)(C)C. The van der Waals surface area contributed by atoms with Gasteiger partial charge in [-0.15, -0.1) is 0 Å². The first-order valence-corrected chi connectivity index (χ1v) is 12.6. The normalized spacial score (nSPS) is 15.2. The molecular formula is C27H55NO3. The summed E-state index contributed by atoms with van der Waals surface area (Å²) in [5.41, 5.74) is 3.84. The maximum Gasteiger partial charge on any atom is 0.302 e. The van der Waals surface area contributed by atoms with E-state index in [-0.39, 0.29) is 23.7 Å². The van der Waals surface area contributed by atoms with Gasteiger partial charge in [0.05, 0.1) is 6.10 Å². The van der Waals surface area contributed by atoms with Crippen LogP contribution in [0.15, 0.2) is 0 Å². The molecule has 2 atom stereocenters. The van der Waals surface area contributed by atoms with E-state index >= 15 is 0 Å². The standard InChI is InChI=1S/C27H55NO3/c1-21(2)19-24(30-22(3)29)20-27(10,11)28-31-23(16-14-18-26(7,8)9)15-12-13-17-25(4,5)6/h21,23-24,28H,12-20H2,1-11H3. The zero-order chi connectivity index (χ0) is 24.3. The molecule has 0 aliphatic heterocycles. The third-order valence-electron chi connectivity index (χ3n) is 5.46. The summed E-state index contributed by atoms with van der Waals surface area (Å²) < 4.78 is 5.58. The van der Waals surface area contributed by atoms with E-state index in [1.54, 1.807) is 0 Å². The van der Waals surface area contributed by atoms with Gasteiger partial charge in [0.15, 0.2) is 0 Å². The van der Waals surface area contributed by atoms with E-state index in [0.29, 0.717) is 16.7 Å². The molecule has 4 nitrogen and oxygen atoms in total. The quantitative estimate of drug-likeness (QED) is 0.160. The molecule has 1 N–H and O–H groups in total. The summed E-state index contributed by atoms with van der Waals surface area (Å²) in [6, 6.07) is 0. The van der Waals surface area contributed by atoms with Gasteiger partial charge in [-0.2, -0.15) is 5.48 Å². The third-order valence-corrected chi connectivity index (χ3v) is 5.46. The van der Waals surface area contributed by atoms with Crippen molar-refractivity contribution in [2.24, 2.45) is 16.7 Å². The van der Waals surface area contributed by atoms with Gasteiger partial charge in [0.25, 0.3) is 0 Å². The molecule has 0 aromatic carbocycles. The second-order valence-electron chi connectivity index (χ2n) is 13.1. The van der Waals surface area contributed by atoms with Crippen LogP contribution in [-0.4, -0.2) is 23.7 Å². The molecule has 0 saturated heterocycles. The van der Waals surface area contributed by atoms with Crippen molar-refractivity contribution in [2.75, 3.05) is 0 Å². The predicted octanol–water partition coefficient (Wildman–Crippen LogP) is 7.85. The molecule has 0 amide bonds. The van der Waals surface area contributed by atoms with Crippen LogP contribution in [-0.2, 0) is 14.4 Å². The molecule has 4 heteroatoms. The summed E-state index contributed by atoms with van der Waals surface area (Å²) in [6.45, 7) is 23.9. The van der Waals surface area contributed by atoms with Crippen LogP contribution in [0.2, 0.25) is 0 Å². The fraction of sp³-hybridized carbons (Fsp3) is 0.963. The molecule has 0 saturated carbocycles. The predicted molar refractivity (Wildman–Crippen MR) is 133 cm³/mol. The molecule has 0 rings (SSSR count). The van der Waals surface area contributed by atoms with Gasteiger partial charge in [0.2, 0.25) is 0 Å². The fourth-order valence-electron chi connectivity index (χ4n) is 3.94. The second kappa shape index (κ2) is 13.8. The molecule has 0 aliphatic rings. The molecule has 0 bridgehead atoms. The number of hydrogen-bond acceptors (Lipinski definition) is 4. The average molecular weight is 442 g/mol. The number of ether oxygens (including phenoxy) is 1. The Morgan fingerprint density at radius 2 is 1.32 bits per heavy atom. The van der Waals surface area contributed by atoms with Crippen LogP contribution in [0.25, 0.3) is 0 Å². The van der Waals surface area contributed by atoms with Gasteiger partial charge in [-0.05, 0) is 62.7 Å². The Labute approximate surface area is 194 Å². The highest BCUT2D eigenvalue weighted by atomic mass is 16.7. The lowest BCUT2D eigenvalue weighted by atomic mass is 9.87. The van der Waals surface area contributed by atoms with Crippen LogP contribution in [0.3, 0.4) is 0 Å². The Morgan fingerprint density at radius 3 is 1.81 bits per heavy atom. The highest BCUT2D eigenvalue weighted by Gasteiger charge is 2.27. The first kappa shape index (κ1) is 30.4. The maximum atomic E-state index is 11.5. The molecular weight excluding hydrogens is 386 g/mol. The largest absolute Gasteiger partial charge is 0.462 e. The van der Waals surface area contributed by atoms with Crippen LogP contribution in [0.1, 0.15) is 134 Å². The number of carbonyl (C=O) groups is 1. The van der Waals surface area contributed by atoms with Crippen LogP contribution in [0.5, 0.6) is 0 Å². The van der Waals surface area contributed by atoms with Crippen LogP contribution < -0.4 is 5.48 Å². The molecule has 2 unspecified atom stereocenters. The Bertz CT molecular complexity index is 486. The number of esters is 1. The van der Waals surface area contributed by atoms with Crippen LogP contribution >= 0.6 is 0 Å². The molecule has 0 spiro atoms. The van der Waals surface area contributed by atoms with Crippen molar-refractivity contribution in [1.82, 2.24) is 5.48 Å². The van der Waals surface area contributed by atoms with Crippen molar-refractivity contribution in [2.45, 2.75) is 152 Å². The van der Waals surface area contributed by atoms with Gasteiger partial charge in [0, 0.05) is 18.9 Å². The lowest BCUT2D eigenvalue weighted by Crippen LogP contribution is -2.45. The average Bonchev–Trinajstić information content (AvgIpc) is 2.52.